The Kier molecular flexibility index (Phi) is 2.75. The summed E-state index contributed by atoms with van der Waals surface area (Å²) in [6, 6.07) is 0.623. The molecule has 0 radical (unpaired) electrons. The van der Waals surface area contributed by atoms with Crippen LogP contribution in [0.5, 0.6) is 0 Å². The van der Waals surface area contributed by atoms with Crippen LogP contribution in [0.2, 0.25) is 0 Å². The maximum Gasteiger partial charge on any atom is 0.103 e. The molecule has 0 aromatic rings. The molecule has 58 valence electrons. The molecule has 1 fully saturated rings. The number of rotatable bonds is 3. The molecular formula is C8H15NO. The number of hydrogen-bond acceptors (Lipinski definition) is 2. The minimum Gasteiger partial charge on any atom is -0.500 e. The summed E-state index contributed by atoms with van der Waals surface area (Å²) in [7, 11) is 2.14. The van der Waals surface area contributed by atoms with E-state index < -0.39 is 0 Å². The highest BCUT2D eigenvalue weighted by Gasteiger charge is 2.20. The minimum absolute atomic E-state index is 0.623. The summed E-state index contributed by atoms with van der Waals surface area (Å²) in [6.45, 7) is 5.52. The first-order valence-corrected chi connectivity index (χ1v) is 3.77. The van der Waals surface area contributed by atoms with Crippen molar-refractivity contribution in [3.8, 4) is 0 Å². The van der Waals surface area contributed by atoms with Crippen molar-refractivity contribution < 1.29 is 4.74 Å². The molecule has 1 aliphatic rings. The summed E-state index contributed by atoms with van der Waals surface area (Å²) in [5, 5.41) is 0. The summed E-state index contributed by atoms with van der Waals surface area (Å²) in [5.41, 5.74) is 0. The Balaban J connectivity index is 2.19. The fourth-order valence-corrected chi connectivity index (χ4v) is 1.37. The first-order valence-electron chi connectivity index (χ1n) is 3.77. The SMILES string of the molecule is C=COC[C@H]1CCCN1C. The maximum atomic E-state index is 5.11. The normalized spacial score (nSPS) is 26.7. The summed E-state index contributed by atoms with van der Waals surface area (Å²) in [5.74, 6) is 0. The van der Waals surface area contributed by atoms with Gasteiger partial charge < -0.3 is 9.64 Å². The zero-order valence-electron chi connectivity index (χ0n) is 6.55. The molecule has 0 aliphatic carbocycles. The van der Waals surface area contributed by atoms with Gasteiger partial charge in [0.1, 0.15) is 6.61 Å². The molecule has 0 aromatic heterocycles. The Morgan fingerprint density at radius 1 is 1.80 bits per heavy atom. The van der Waals surface area contributed by atoms with Gasteiger partial charge in [-0.1, -0.05) is 6.58 Å². The molecule has 1 rings (SSSR count). The van der Waals surface area contributed by atoms with E-state index in [0.717, 1.165) is 6.61 Å². The van der Waals surface area contributed by atoms with E-state index in [-0.39, 0.29) is 0 Å². The molecule has 2 heteroatoms. The van der Waals surface area contributed by atoms with Crippen LogP contribution in [0.4, 0.5) is 0 Å². The van der Waals surface area contributed by atoms with Crippen molar-refractivity contribution in [3.05, 3.63) is 12.8 Å². The van der Waals surface area contributed by atoms with E-state index in [1.165, 1.54) is 25.6 Å². The van der Waals surface area contributed by atoms with E-state index in [0.29, 0.717) is 6.04 Å². The van der Waals surface area contributed by atoms with Crippen molar-refractivity contribution in [2.45, 2.75) is 18.9 Å². The van der Waals surface area contributed by atoms with E-state index >= 15 is 0 Å². The van der Waals surface area contributed by atoms with Gasteiger partial charge in [0.05, 0.1) is 6.26 Å². The number of ether oxygens (including phenoxy) is 1. The standard InChI is InChI=1S/C8H15NO/c1-3-10-7-8-5-4-6-9(8)2/h3,8H,1,4-7H2,2H3/t8-/m1/s1. The van der Waals surface area contributed by atoms with Crippen LogP contribution in [0.25, 0.3) is 0 Å². The smallest absolute Gasteiger partial charge is 0.103 e. The van der Waals surface area contributed by atoms with Crippen LogP contribution < -0.4 is 0 Å². The van der Waals surface area contributed by atoms with E-state index in [1.54, 1.807) is 0 Å². The van der Waals surface area contributed by atoms with Crippen molar-refractivity contribution in [1.82, 2.24) is 4.90 Å². The van der Waals surface area contributed by atoms with Gasteiger partial charge in [0, 0.05) is 6.04 Å². The predicted octanol–water partition coefficient (Wildman–Crippen LogP) is 1.24. The fourth-order valence-electron chi connectivity index (χ4n) is 1.37. The third kappa shape index (κ3) is 1.74. The number of likely N-dealkylation sites (N-methyl/N-ethyl adjacent to an activating group) is 1. The highest BCUT2D eigenvalue weighted by molar-refractivity contribution is 4.76. The Bertz CT molecular complexity index is 114. The number of hydrogen-bond donors (Lipinski definition) is 0. The molecule has 2 nitrogen and oxygen atoms in total. The molecule has 0 amide bonds. The lowest BCUT2D eigenvalue weighted by Crippen LogP contribution is -2.28. The Hall–Kier alpha value is -0.500. The van der Waals surface area contributed by atoms with Gasteiger partial charge in [-0.15, -0.1) is 0 Å². The average molecular weight is 141 g/mol. The van der Waals surface area contributed by atoms with Gasteiger partial charge in [0.2, 0.25) is 0 Å². The Morgan fingerprint density at radius 2 is 2.60 bits per heavy atom. The van der Waals surface area contributed by atoms with Crippen LogP contribution in [0.1, 0.15) is 12.8 Å². The zero-order valence-corrected chi connectivity index (χ0v) is 6.55. The van der Waals surface area contributed by atoms with Crippen molar-refractivity contribution in [3.63, 3.8) is 0 Å². The van der Waals surface area contributed by atoms with Gasteiger partial charge in [-0.3, -0.25) is 0 Å². The number of likely N-dealkylation sites (tertiary alicyclic amines) is 1. The van der Waals surface area contributed by atoms with Crippen LogP contribution >= 0.6 is 0 Å². The molecule has 0 N–H and O–H groups in total. The molecule has 0 bridgehead atoms. The van der Waals surface area contributed by atoms with Gasteiger partial charge in [-0.05, 0) is 26.4 Å². The topological polar surface area (TPSA) is 12.5 Å². The highest BCUT2D eigenvalue weighted by Crippen LogP contribution is 2.14. The molecular weight excluding hydrogens is 126 g/mol. The quantitative estimate of drug-likeness (QED) is 0.548. The lowest BCUT2D eigenvalue weighted by Gasteiger charge is -2.17. The van der Waals surface area contributed by atoms with Crippen molar-refractivity contribution in [2.24, 2.45) is 0 Å². The fraction of sp³-hybridized carbons (Fsp3) is 0.750. The second-order valence-electron chi connectivity index (χ2n) is 2.78. The van der Waals surface area contributed by atoms with E-state index in [4.69, 9.17) is 4.74 Å². The molecule has 10 heavy (non-hydrogen) atoms. The molecule has 1 saturated heterocycles. The summed E-state index contributed by atoms with van der Waals surface area (Å²) < 4.78 is 5.11. The molecule has 0 spiro atoms. The van der Waals surface area contributed by atoms with Gasteiger partial charge in [-0.25, -0.2) is 0 Å². The maximum absolute atomic E-state index is 5.11. The van der Waals surface area contributed by atoms with Crippen LogP contribution in [0.3, 0.4) is 0 Å². The lowest BCUT2D eigenvalue weighted by molar-refractivity contribution is 0.161. The molecule has 0 aromatic carbocycles. The third-order valence-corrected chi connectivity index (χ3v) is 2.08. The average Bonchev–Trinajstić information content (AvgIpc) is 2.31. The molecule has 1 atom stereocenters. The third-order valence-electron chi connectivity index (χ3n) is 2.08. The first kappa shape index (κ1) is 7.61. The summed E-state index contributed by atoms with van der Waals surface area (Å²) in [4.78, 5) is 2.34. The van der Waals surface area contributed by atoms with E-state index in [2.05, 4.69) is 18.5 Å². The first-order chi connectivity index (χ1) is 4.84. The lowest BCUT2D eigenvalue weighted by atomic mass is 10.2. The second-order valence-corrected chi connectivity index (χ2v) is 2.78. The van der Waals surface area contributed by atoms with E-state index in [9.17, 15) is 0 Å². The second kappa shape index (κ2) is 3.62. The number of nitrogens with zero attached hydrogens (tertiary/aromatic N) is 1. The predicted molar refractivity (Wildman–Crippen MR) is 41.8 cm³/mol. The highest BCUT2D eigenvalue weighted by atomic mass is 16.5. The van der Waals surface area contributed by atoms with Gasteiger partial charge in [0.25, 0.3) is 0 Å². The zero-order chi connectivity index (χ0) is 7.40. The van der Waals surface area contributed by atoms with Crippen LogP contribution in [0, 0.1) is 0 Å². The molecule has 0 saturated carbocycles. The van der Waals surface area contributed by atoms with Crippen LogP contribution in [-0.4, -0.2) is 31.1 Å². The van der Waals surface area contributed by atoms with Gasteiger partial charge in [-0.2, -0.15) is 0 Å². The Morgan fingerprint density at radius 3 is 3.10 bits per heavy atom. The molecule has 1 aliphatic heterocycles. The van der Waals surface area contributed by atoms with E-state index in [1.807, 2.05) is 0 Å². The minimum atomic E-state index is 0.623. The van der Waals surface area contributed by atoms with Crippen molar-refractivity contribution in [1.29, 1.82) is 0 Å². The van der Waals surface area contributed by atoms with Crippen molar-refractivity contribution >= 4 is 0 Å². The monoisotopic (exact) mass is 141 g/mol. The van der Waals surface area contributed by atoms with Crippen LogP contribution in [0.15, 0.2) is 12.8 Å². The van der Waals surface area contributed by atoms with Gasteiger partial charge >= 0.3 is 0 Å². The molecule has 0 unspecified atom stereocenters. The largest absolute Gasteiger partial charge is 0.500 e. The Labute approximate surface area is 62.5 Å². The summed E-state index contributed by atoms with van der Waals surface area (Å²) >= 11 is 0. The van der Waals surface area contributed by atoms with Crippen molar-refractivity contribution in [2.75, 3.05) is 20.2 Å². The molecule has 1 heterocycles. The van der Waals surface area contributed by atoms with Crippen LogP contribution in [-0.2, 0) is 4.74 Å². The summed E-state index contributed by atoms with van der Waals surface area (Å²) in [6.07, 6.45) is 4.10. The van der Waals surface area contributed by atoms with Gasteiger partial charge in [0.15, 0.2) is 0 Å².